The van der Waals surface area contributed by atoms with Crippen LogP contribution in [0.1, 0.15) is 50.8 Å². The summed E-state index contributed by atoms with van der Waals surface area (Å²) in [5.74, 6) is -0.643. The van der Waals surface area contributed by atoms with Crippen LogP contribution in [0.15, 0.2) is 71.6 Å². The van der Waals surface area contributed by atoms with Gasteiger partial charge in [0.1, 0.15) is 18.3 Å². The number of benzene rings is 3. The molecule has 0 unspecified atom stereocenters. The highest BCUT2D eigenvalue weighted by Gasteiger charge is 2.35. The molecule has 0 saturated heterocycles. The van der Waals surface area contributed by atoms with Crippen LogP contribution in [0.4, 0.5) is 5.69 Å². The summed E-state index contributed by atoms with van der Waals surface area (Å²) >= 11 is 6.31. The topological polar surface area (TPSA) is 96.0 Å². The number of nitrogens with zero attached hydrogens (tertiary/aromatic N) is 2. The Bertz CT molecular complexity index is 1520. The van der Waals surface area contributed by atoms with E-state index in [2.05, 4.69) is 5.32 Å². The molecule has 0 bridgehead atoms. The molecule has 0 heterocycles. The van der Waals surface area contributed by atoms with Gasteiger partial charge in [-0.1, -0.05) is 66.0 Å². The van der Waals surface area contributed by atoms with E-state index in [1.807, 2.05) is 65.8 Å². The highest BCUT2D eigenvalue weighted by molar-refractivity contribution is 7.92. The van der Waals surface area contributed by atoms with Gasteiger partial charge in [0.25, 0.3) is 10.0 Å². The first-order valence-corrected chi connectivity index (χ1v) is 15.6. The Hall–Kier alpha value is -3.56. The first kappa shape index (κ1) is 32.9. The molecular formula is C32H40ClN3O5S. The number of hydrogen-bond donors (Lipinski definition) is 1. The number of amides is 2. The van der Waals surface area contributed by atoms with Gasteiger partial charge in [0.05, 0.1) is 17.7 Å². The van der Waals surface area contributed by atoms with Crippen molar-refractivity contribution in [3.05, 3.63) is 88.4 Å². The zero-order valence-corrected chi connectivity index (χ0v) is 26.8. The number of aryl methyl sites for hydroxylation is 2. The zero-order chi connectivity index (χ0) is 31.2. The summed E-state index contributed by atoms with van der Waals surface area (Å²) in [5.41, 5.74) is 2.29. The van der Waals surface area contributed by atoms with Gasteiger partial charge in [-0.3, -0.25) is 13.9 Å². The van der Waals surface area contributed by atoms with Gasteiger partial charge in [0.15, 0.2) is 0 Å². The maximum absolute atomic E-state index is 14.3. The van der Waals surface area contributed by atoms with E-state index < -0.39 is 34.1 Å². The van der Waals surface area contributed by atoms with Crippen molar-refractivity contribution in [2.24, 2.45) is 0 Å². The van der Waals surface area contributed by atoms with Crippen LogP contribution in [0.25, 0.3) is 0 Å². The van der Waals surface area contributed by atoms with Crippen LogP contribution in [0.2, 0.25) is 5.02 Å². The minimum atomic E-state index is -4.26. The van der Waals surface area contributed by atoms with E-state index in [1.54, 1.807) is 24.3 Å². The lowest BCUT2D eigenvalue weighted by Crippen LogP contribution is -2.55. The smallest absolute Gasteiger partial charge is 0.264 e. The molecule has 10 heteroatoms. The molecule has 0 aliphatic rings. The van der Waals surface area contributed by atoms with Crippen molar-refractivity contribution in [3.63, 3.8) is 0 Å². The van der Waals surface area contributed by atoms with E-state index in [9.17, 15) is 18.0 Å². The van der Waals surface area contributed by atoms with Gasteiger partial charge in [-0.15, -0.1) is 0 Å². The fourth-order valence-electron chi connectivity index (χ4n) is 4.59. The Morgan fingerprint density at radius 2 is 1.64 bits per heavy atom. The first-order valence-electron chi connectivity index (χ1n) is 13.8. The molecule has 8 nitrogen and oxygen atoms in total. The molecule has 42 heavy (non-hydrogen) atoms. The number of ether oxygens (including phenoxy) is 1. The molecule has 2 amide bonds. The van der Waals surface area contributed by atoms with Gasteiger partial charge in [0, 0.05) is 17.1 Å². The first-order chi connectivity index (χ1) is 19.7. The molecule has 1 atom stereocenters. The number of anilines is 1. The van der Waals surface area contributed by atoms with Crippen LogP contribution in [0, 0.1) is 13.8 Å². The molecule has 0 fully saturated rings. The summed E-state index contributed by atoms with van der Waals surface area (Å²) in [6.07, 6.45) is 0.324. The molecule has 0 radical (unpaired) electrons. The molecule has 0 spiro atoms. The van der Waals surface area contributed by atoms with Crippen molar-refractivity contribution in [1.82, 2.24) is 10.2 Å². The predicted molar refractivity (Wildman–Crippen MR) is 167 cm³/mol. The molecule has 3 rings (SSSR count). The summed E-state index contributed by atoms with van der Waals surface area (Å²) in [7, 11) is -2.85. The average molecular weight is 614 g/mol. The van der Waals surface area contributed by atoms with Crippen LogP contribution >= 0.6 is 11.6 Å². The second-order valence-electron chi connectivity index (χ2n) is 11.3. The van der Waals surface area contributed by atoms with Gasteiger partial charge in [0.2, 0.25) is 11.8 Å². The number of hydrogen-bond acceptors (Lipinski definition) is 5. The normalized spacial score (nSPS) is 12.4. The predicted octanol–water partition coefficient (Wildman–Crippen LogP) is 5.88. The Balaban J connectivity index is 2.15. The standard InChI is InChI=1S/C32H40ClN3O5S/c1-8-27(31(38)34-32(4,5)6)35(20-24-11-9-10-23(3)18-24)30(37)21-36(28-19-25(33)14-17-29(28)41-7)42(39,40)26-15-12-22(2)13-16-26/h9-19,27H,8,20-21H2,1-7H3,(H,34,38)/t27-/m0/s1. The fourth-order valence-corrected chi connectivity index (χ4v) is 6.17. The Morgan fingerprint density at radius 3 is 2.21 bits per heavy atom. The van der Waals surface area contributed by atoms with Crippen LogP contribution in [-0.4, -0.2) is 50.4 Å². The SMILES string of the molecule is CC[C@@H](C(=O)NC(C)(C)C)N(Cc1cccc(C)c1)C(=O)CN(c1cc(Cl)ccc1OC)S(=O)(=O)c1ccc(C)cc1. The second-order valence-corrected chi connectivity index (χ2v) is 13.6. The van der Waals surface area contributed by atoms with Crippen molar-refractivity contribution in [3.8, 4) is 5.75 Å². The third-order valence-corrected chi connectivity index (χ3v) is 8.63. The van der Waals surface area contributed by atoms with E-state index in [4.69, 9.17) is 16.3 Å². The molecule has 0 aliphatic carbocycles. The Labute approximate surface area is 254 Å². The van der Waals surface area contributed by atoms with E-state index in [0.717, 1.165) is 21.0 Å². The Kier molecular flexibility index (Phi) is 10.7. The monoisotopic (exact) mass is 613 g/mol. The van der Waals surface area contributed by atoms with Crippen LogP contribution < -0.4 is 14.4 Å². The molecule has 1 N–H and O–H groups in total. The molecule has 0 saturated carbocycles. The summed E-state index contributed by atoms with van der Waals surface area (Å²) in [6, 6.07) is 17.8. The largest absolute Gasteiger partial charge is 0.495 e. The van der Waals surface area contributed by atoms with Crippen molar-refractivity contribution >= 4 is 39.1 Å². The van der Waals surface area contributed by atoms with E-state index in [-0.39, 0.29) is 33.8 Å². The number of nitrogens with one attached hydrogen (secondary N) is 1. The summed E-state index contributed by atoms with van der Waals surface area (Å²) in [6.45, 7) is 10.8. The summed E-state index contributed by atoms with van der Waals surface area (Å²) in [5, 5.41) is 3.25. The third-order valence-electron chi connectivity index (χ3n) is 6.62. The molecule has 3 aromatic carbocycles. The number of carbonyl (C=O) groups is 2. The third kappa shape index (κ3) is 8.26. The number of halogens is 1. The van der Waals surface area contributed by atoms with E-state index in [0.29, 0.717) is 6.42 Å². The van der Waals surface area contributed by atoms with Gasteiger partial charge < -0.3 is 15.0 Å². The highest BCUT2D eigenvalue weighted by Crippen LogP contribution is 2.35. The van der Waals surface area contributed by atoms with Crippen molar-refractivity contribution in [1.29, 1.82) is 0 Å². The molecule has 226 valence electrons. The van der Waals surface area contributed by atoms with Crippen LogP contribution in [0.5, 0.6) is 5.75 Å². The van der Waals surface area contributed by atoms with Gasteiger partial charge in [-0.2, -0.15) is 0 Å². The van der Waals surface area contributed by atoms with Gasteiger partial charge in [-0.25, -0.2) is 8.42 Å². The lowest BCUT2D eigenvalue weighted by molar-refractivity contribution is -0.141. The number of carbonyl (C=O) groups excluding carboxylic acids is 2. The number of methoxy groups -OCH3 is 1. The van der Waals surface area contributed by atoms with Crippen molar-refractivity contribution in [2.75, 3.05) is 18.0 Å². The lowest BCUT2D eigenvalue weighted by atomic mass is 10.0. The molecular weight excluding hydrogens is 574 g/mol. The molecule has 0 aromatic heterocycles. The van der Waals surface area contributed by atoms with Crippen LogP contribution in [-0.2, 0) is 26.2 Å². The Morgan fingerprint density at radius 1 is 0.976 bits per heavy atom. The highest BCUT2D eigenvalue weighted by atomic mass is 35.5. The number of sulfonamides is 1. The van der Waals surface area contributed by atoms with Crippen molar-refractivity contribution in [2.45, 2.75) is 71.0 Å². The minimum absolute atomic E-state index is 0.00526. The average Bonchev–Trinajstić information content (AvgIpc) is 2.90. The second kappa shape index (κ2) is 13.6. The minimum Gasteiger partial charge on any atom is -0.495 e. The maximum atomic E-state index is 14.3. The summed E-state index contributed by atoms with van der Waals surface area (Å²) in [4.78, 5) is 29.2. The molecule has 0 aliphatic heterocycles. The molecule has 3 aromatic rings. The van der Waals surface area contributed by atoms with Gasteiger partial charge in [-0.05, 0) is 76.9 Å². The van der Waals surface area contributed by atoms with E-state index >= 15 is 0 Å². The van der Waals surface area contributed by atoms with Crippen molar-refractivity contribution < 1.29 is 22.7 Å². The quantitative estimate of drug-likeness (QED) is 0.291. The van der Waals surface area contributed by atoms with Crippen LogP contribution in [0.3, 0.4) is 0 Å². The summed E-state index contributed by atoms with van der Waals surface area (Å²) < 4.78 is 34.7. The number of rotatable bonds is 11. The fraction of sp³-hybridized carbons (Fsp3) is 0.375. The maximum Gasteiger partial charge on any atom is 0.264 e. The lowest BCUT2D eigenvalue weighted by Gasteiger charge is -2.35. The van der Waals surface area contributed by atoms with E-state index in [1.165, 1.54) is 30.2 Å². The van der Waals surface area contributed by atoms with Gasteiger partial charge >= 0.3 is 0 Å². The zero-order valence-electron chi connectivity index (χ0n) is 25.3.